The lowest BCUT2D eigenvalue weighted by molar-refractivity contribution is 0.0845. The molecule has 0 spiro atoms. The van der Waals surface area contributed by atoms with E-state index in [0.29, 0.717) is 0 Å². The van der Waals surface area contributed by atoms with Crippen molar-refractivity contribution in [2.24, 2.45) is 0 Å². The molecular formula is C19H22N4O4S. The zero-order valence-corrected chi connectivity index (χ0v) is 16.6. The van der Waals surface area contributed by atoms with E-state index in [1.54, 1.807) is 13.8 Å². The van der Waals surface area contributed by atoms with Crippen molar-refractivity contribution in [2.45, 2.75) is 57.1 Å². The molecule has 2 aliphatic heterocycles. The fourth-order valence-electron chi connectivity index (χ4n) is 3.73. The highest BCUT2D eigenvalue weighted by Crippen LogP contribution is 2.32. The summed E-state index contributed by atoms with van der Waals surface area (Å²) in [5, 5.41) is 2.78. The average Bonchev–Trinajstić information content (AvgIpc) is 3.15. The van der Waals surface area contributed by atoms with Crippen LogP contribution in [-0.4, -0.2) is 40.1 Å². The minimum atomic E-state index is -3.93. The van der Waals surface area contributed by atoms with Crippen molar-refractivity contribution in [1.29, 1.82) is 0 Å². The van der Waals surface area contributed by atoms with Crippen molar-refractivity contribution < 1.29 is 18.0 Å². The summed E-state index contributed by atoms with van der Waals surface area (Å²) in [6, 6.07) is 3.67. The first-order valence-electron chi connectivity index (χ1n) is 9.35. The maximum atomic E-state index is 12.7. The molecule has 2 aromatic rings. The summed E-state index contributed by atoms with van der Waals surface area (Å²) in [6.45, 7) is 4.48. The van der Waals surface area contributed by atoms with E-state index in [0.717, 1.165) is 41.6 Å². The lowest BCUT2D eigenvalue weighted by atomic mass is 10.1. The molecule has 148 valence electrons. The van der Waals surface area contributed by atoms with Crippen molar-refractivity contribution >= 4 is 21.8 Å². The molecule has 2 amide bonds. The number of aryl methyl sites for hydroxylation is 2. The maximum Gasteiger partial charge on any atom is 0.269 e. The second-order valence-electron chi connectivity index (χ2n) is 7.39. The summed E-state index contributed by atoms with van der Waals surface area (Å²) in [5.41, 5.74) is 1.08. The van der Waals surface area contributed by atoms with Crippen LogP contribution in [0, 0.1) is 0 Å². The highest BCUT2D eigenvalue weighted by molar-refractivity contribution is 7.90. The molecular weight excluding hydrogens is 380 g/mol. The van der Waals surface area contributed by atoms with Crippen LogP contribution in [0.15, 0.2) is 29.3 Å². The fourth-order valence-corrected chi connectivity index (χ4v) is 5.52. The van der Waals surface area contributed by atoms with Crippen LogP contribution >= 0.6 is 0 Å². The Morgan fingerprint density at radius 1 is 1.29 bits per heavy atom. The van der Waals surface area contributed by atoms with Gasteiger partial charge >= 0.3 is 0 Å². The Kier molecular flexibility index (Phi) is 4.49. The largest absolute Gasteiger partial charge is 0.346 e. The van der Waals surface area contributed by atoms with Gasteiger partial charge < -0.3 is 9.88 Å². The third-order valence-corrected chi connectivity index (χ3v) is 7.07. The molecule has 8 nitrogen and oxygen atoms in total. The zero-order valence-electron chi connectivity index (χ0n) is 15.8. The van der Waals surface area contributed by atoms with Gasteiger partial charge in [-0.25, -0.2) is 17.7 Å². The van der Waals surface area contributed by atoms with Crippen molar-refractivity contribution in [1.82, 2.24) is 19.2 Å². The Morgan fingerprint density at radius 2 is 2.07 bits per heavy atom. The Bertz CT molecular complexity index is 1050. The number of nitrogens with zero attached hydrogens (tertiary/aromatic N) is 3. The number of carbonyl (C=O) groups is 2. The van der Waals surface area contributed by atoms with E-state index in [2.05, 4.69) is 14.9 Å². The van der Waals surface area contributed by atoms with E-state index in [1.807, 2.05) is 6.20 Å². The van der Waals surface area contributed by atoms with Crippen LogP contribution in [0.1, 0.15) is 58.9 Å². The number of aromatic nitrogens is 2. The van der Waals surface area contributed by atoms with E-state index in [-0.39, 0.29) is 22.6 Å². The number of imidazole rings is 1. The number of carbonyl (C=O) groups excluding carboxylic acids is 2. The van der Waals surface area contributed by atoms with E-state index < -0.39 is 27.9 Å². The average molecular weight is 402 g/mol. The Morgan fingerprint density at radius 3 is 2.79 bits per heavy atom. The molecule has 3 heterocycles. The van der Waals surface area contributed by atoms with Crippen LogP contribution in [0.3, 0.4) is 0 Å². The van der Waals surface area contributed by atoms with Gasteiger partial charge in [0.1, 0.15) is 10.7 Å². The predicted molar refractivity (Wildman–Crippen MR) is 101 cm³/mol. The molecule has 0 fully saturated rings. The second-order valence-corrected chi connectivity index (χ2v) is 9.18. The van der Waals surface area contributed by atoms with Gasteiger partial charge in [0, 0.05) is 30.8 Å². The second kappa shape index (κ2) is 6.73. The monoisotopic (exact) mass is 402 g/mol. The summed E-state index contributed by atoms with van der Waals surface area (Å²) >= 11 is 0. The highest BCUT2D eigenvalue weighted by Gasteiger charge is 2.42. The van der Waals surface area contributed by atoms with Gasteiger partial charge in [-0.2, -0.15) is 0 Å². The van der Waals surface area contributed by atoms with Crippen LogP contribution in [-0.2, 0) is 29.5 Å². The maximum absolute atomic E-state index is 12.7. The van der Waals surface area contributed by atoms with Crippen LogP contribution in [0.2, 0.25) is 0 Å². The normalized spacial score (nSPS) is 17.5. The number of hydrogen-bond donors (Lipinski definition) is 1. The summed E-state index contributed by atoms with van der Waals surface area (Å²) < 4.78 is 28.3. The zero-order chi connectivity index (χ0) is 20.1. The number of nitrogens with one attached hydrogen (secondary N) is 1. The van der Waals surface area contributed by atoms with Crippen LogP contribution in [0.5, 0.6) is 0 Å². The molecule has 0 aliphatic carbocycles. The van der Waals surface area contributed by atoms with Gasteiger partial charge in [0.25, 0.3) is 21.8 Å². The molecule has 0 radical (unpaired) electrons. The standard InChI is InChI=1S/C19H22N4O4S/c1-12(2)23-19(25)15-7-6-13(9-16(15)28(23,26)27)18(24)20-10-14-11-22-8-4-3-5-17(22)21-14/h6-7,9,11-12H,3-5,8,10H2,1-2H3,(H,20,24). The molecule has 0 bridgehead atoms. The van der Waals surface area contributed by atoms with E-state index in [9.17, 15) is 18.0 Å². The van der Waals surface area contributed by atoms with Gasteiger partial charge in [-0.05, 0) is 44.9 Å². The molecule has 28 heavy (non-hydrogen) atoms. The molecule has 4 rings (SSSR count). The highest BCUT2D eigenvalue weighted by atomic mass is 32.2. The van der Waals surface area contributed by atoms with E-state index in [1.165, 1.54) is 18.2 Å². The predicted octanol–water partition coefficient (Wildman–Crippen LogP) is 1.70. The van der Waals surface area contributed by atoms with E-state index >= 15 is 0 Å². The number of rotatable bonds is 4. The van der Waals surface area contributed by atoms with Gasteiger partial charge in [-0.3, -0.25) is 9.59 Å². The summed E-state index contributed by atoms with van der Waals surface area (Å²) in [4.78, 5) is 29.3. The number of fused-ring (bicyclic) bond motifs is 2. The first kappa shape index (κ1) is 18.7. The topological polar surface area (TPSA) is 101 Å². The Balaban J connectivity index is 1.53. The third kappa shape index (κ3) is 2.99. The van der Waals surface area contributed by atoms with Gasteiger partial charge in [-0.15, -0.1) is 0 Å². The molecule has 1 aromatic heterocycles. The quantitative estimate of drug-likeness (QED) is 0.839. The Labute approximate surface area is 163 Å². The summed E-state index contributed by atoms with van der Waals surface area (Å²) in [5.74, 6) is 0.0754. The SMILES string of the molecule is CC(C)N1C(=O)c2ccc(C(=O)NCc3cn4c(n3)CCCC4)cc2S1(=O)=O. The number of amides is 2. The Hall–Kier alpha value is -2.68. The van der Waals surface area contributed by atoms with Gasteiger partial charge in [0.2, 0.25) is 0 Å². The molecule has 0 saturated carbocycles. The lowest BCUT2D eigenvalue weighted by Gasteiger charge is -2.18. The van der Waals surface area contributed by atoms with Crippen molar-refractivity contribution in [3.05, 3.63) is 47.0 Å². The van der Waals surface area contributed by atoms with Crippen molar-refractivity contribution in [3.63, 3.8) is 0 Å². The van der Waals surface area contributed by atoms with Gasteiger partial charge in [-0.1, -0.05) is 0 Å². The molecule has 9 heteroatoms. The molecule has 1 N–H and O–H groups in total. The minimum absolute atomic E-state index is 0.104. The summed E-state index contributed by atoms with van der Waals surface area (Å²) in [7, 11) is -3.93. The molecule has 2 aliphatic rings. The number of benzene rings is 1. The fraction of sp³-hybridized carbons (Fsp3) is 0.421. The first-order chi connectivity index (χ1) is 13.3. The summed E-state index contributed by atoms with van der Waals surface area (Å²) in [6.07, 6.45) is 5.14. The number of hydrogen-bond acceptors (Lipinski definition) is 5. The molecule has 1 aromatic carbocycles. The molecule has 0 saturated heterocycles. The van der Waals surface area contributed by atoms with E-state index in [4.69, 9.17) is 0 Å². The number of sulfonamides is 1. The van der Waals surface area contributed by atoms with Gasteiger partial charge in [0.15, 0.2) is 0 Å². The van der Waals surface area contributed by atoms with Crippen molar-refractivity contribution in [2.75, 3.05) is 0 Å². The minimum Gasteiger partial charge on any atom is -0.346 e. The van der Waals surface area contributed by atoms with Gasteiger partial charge in [0.05, 0.1) is 17.8 Å². The smallest absolute Gasteiger partial charge is 0.269 e. The van der Waals surface area contributed by atoms with Crippen LogP contribution in [0.25, 0.3) is 0 Å². The first-order valence-corrected chi connectivity index (χ1v) is 10.8. The lowest BCUT2D eigenvalue weighted by Crippen LogP contribution is -2.36. The third-order valence-electron chi connectivity index (χ3n) is 5.07. The van der Waals surface area contributed by atoms with Crippen LogP contribution < -0.4 is 5.32 Å². The molecule has 0 unspecified atom stereocenters. The van der Waals surface area contributed by atoms with Crippen LogP contribution in [0.4, 0.5) is 0 Å². The molecule has 0 atom stereocenters. The van der Waals surface area contributed by atoms with Crippen molar-refractivity contribution in [3.8, 4) is 0 Å².